The van der Waals surface area contributed by atoms with Crippen LogP contribution in [0.1, 0.15) is 40.5 Å². The van der Waals surface area contributed by atoms with Gasteiger partial charge in [-0.25, -0.2) is 8.42 Å². The molecular weight excluding hydrogens is 400 g/mol. The Morgan fingerprint density at radius 1 is 0.895 bits per heavy atom. The van der Waals surface area contributed by atoms with Gasteiger partial charge in [-0.05, 0) is 11.8 Å². The van der Waals surface area contributed by atoms with Gasteiger partial charge in [-0.2, -0.15) is 0 Å². The second kappa shape index (κ2) is 7.20. The minimum Gasteiger partial charge on any atom is -0.374 e. The predicted molar refractivity (Wildman–Crippen MR) is 85.3 cm³/mol. The Morgan fingerprint density at radius 2 is 1.16 bits per heavy atom. The summed E-state index contributed by atoms with van der Waals surface area (Å²) in [7, 11) is -4.13. The summed E-state index contributed by atoms with van der Waals surface area (Å²) in [6.45, 7) is 6.59. The van der Waals surface area contributed by atoms with E-state index in [9.17, 15) is 18.6 Å². The smallest absolute Gasteiger partial charge is 0.209 e. The lowest BCUT2D eigenvalue weighted by molar-refractivity contribution is 0.0316. The van der Waals surface area contributed by atoms with Crippen molar-refractivity contribution in [3.8, 4) is 0 Å². The van der Waals surface area contributed by atoms with Crippen LogP contribution < -0.4 is 0 Å². The molecule has 0 spiro atoms. The summed E-state index contributed by atoms with van der Waals surface area (Å²) in [5, 5.41) is 22.0. The fraction of sp³-hybridized carbons (Fsp3) is 1.00. The Kier molecular flexibility index (Phi) is 7.52. The number of hydrogen-bond donors (Lipinski definition) is 2. The van der Waals surface area contributed by atoms with Crippen LogP contribution in [0.3, 0.4) is 0 Å². The van der Waals surface area contributed by atoms with Gasteiger partial charge in [0.2, 0.25) is 9.84 Å². The van der Waals surface area contributed by atoms with Crippen molar-refractivity contribution < 1.29 is 18.6 Å². The highest BCUT2D eigenvalue weighted by Crippen LogP contribution is 2.40. The maximum absolute atomic E-state index is 12.8. The molecule has 0 aliphatic carbocycles. The number of aliphatic hydroxyl groups is 2. The summed E-state index contributed by atoms with van der Waals surface area (Å²) in [4.78, 5) is -3.87. The van der Waals surface area contributed by atoms with Crippen LogP contribution in [0, 0.1) is 11.8 Å². The average Bonchev–Trinajstić information content (AvgIpc) is 2.28. The van der Waals surface area contributed by atoms with Crippen LogP contribution in [0.15, 0.2) is 0 Å². The second-order valence-corrected chi connectivity index (χ2v) is 9.39. The van der Waals surface area contributed by atoms with Gasteiger partial charge < -0.3 is 10.2 Å². The first kappa shape index (κ1) is 19.8. The molecule has 0 aliphatic heterocycles. The van der Waals surface area contributed by atoms with Crippen LogP contribution >= 0.6 is 31.9 Å². The summed E-state index contributed by atoms with van der Waals surface area (Å²) in [6, 6.07) is 0. The van der Waals surface area contributed by atoms with Crippen LogP contribution in [0.4, 0.5) is 0 Å². The van der Waals surface area contributed by atoms with Gasteiger partial charge in [0, 0.05) is 23.5 Å². The Balaban J connectivity index is 5.90. The monoisotopic (exact) mass is 422 g/mol. The molecule has 0 fully saturated rings. The average molecular weight is 424 g/mol. The van der Waals surface area contributed by atoms with E-state index in [4.69, 9.17) is 0 Å². The van der Waals surface area contributed by atoms with Gasteiger partial charge in [0.05, 0.1) is 0 Å². The molecular formula is C12H24Br2O4S. The van der Waals surface area contributed by atoms with E-state index < -0.39 is 31.5 Å². The number of sulfone groups is 1. The molecule has 0 aromatic carbocycles. The first-order chi connectivity index (χ1) is 8.51. The van der Waals surface area contributed by atoms with Gasteiger partial charge in [-0.3, -0.25) is 0 Å². The van der Waals surface area contributed by atoms with Crippen molar-refractivity contribution in [3.63, 3.8) is 0 Å². The number of alkyl halides is 2. The van der Waals surface area contributed by atoms with Gasteiger partial charge in [-0.15, -0.1) is 0 Å². The van der Waals surface area contributed by atoms with Gasteiger partial charge in [-0.1, -0.05) is 59.6 Å². The van der Waals surface area contributed by atoms with Crippen LogP contribution in [0.25, 0.3) is 0 Å². The highest BCUT2D eigenvalue weighted by atomic mass is 79.9. The van der Waals surface area contributed by atoms with E-state index in [-0.39, 0.29) is 12.8 Å². The third-order valence-electron chi connectivity index (χ3n) is 3.64. The summed E-state index contributed by atoms with van der Waals surface area (Å²) in [5.74, 6) is -1.01. The molecule has 2 unspecified atom stereocenters. The molecule has 0 aromatic heterocycles. The minimum absolute atomic E-state index is 0.0459. The molecule has 0 saturated heterocycles. The van der Waals surface area contributed by atoms with Crippen molar-refractivity contribution >= 4 is 41.7 Å². The highest BCUT2D eigenvalue weighted by molar-refractivity contribution is 9.09. The molecule has 19 heavy (non-hydrogen) atoms. The Morgan fingerprint density at radius 3 is 1.32 bits per heavy atom. The number of hydrogen-bond acceptors (Lipinski definition) is 4. The number of rotatable bonds is 8. The van der Waals surface area contributed by atoms with Crippen molar-refractivity contribution in [3.05, 3.63) is 0 Å². The lowest BCUT2D eigenvalue weighted by Crippen LogP contribution is -2.57. The van der Waals surface area contributed by atoms with Gasteiger partial charge in [0.1, 0.15) is 0 Å². The van der Waals surface area contributed by atoms with Crippen molar-refractivity contribution in [2.75, 3.05) is 10.7 Å². The fourth-order valence-corrected chi connectivity index (χ4v) is 6.37. The molecule has 0 amide bonds. The van der Waals surface area contributed by atoms with E-state index in [1.807, 2.05) is 0 Å². The van der Waals surface area contributed by atoms with Crippen LogP contribution in [-0.2, 0) is 9.84 Å². The van der Waals surface area contributed by atoms with E-state index in [0.29, 0.717) is 10.7 Å². The maximum Gasteiger partial charge on any atom is 0.209 e. The first-order valence-electron chi connectivity index (χ1n) is 6.32. The molecule has 4 nitrogen and oxygen atoms in total. The fourth-order valence-electron chi connectivity index (χ4n) is 2.04. The predicted octanol–water partition coefficient (Wildman–Crippen LogP) is 2.66. The third-order valence-corrected chi connectivity index (χ3v) is 7.65. The van der Waals surface area contributed by atoms with E-state index in [1.165, 1.54) is 0 Å². The molecule has 7 heteroatoms. The maximum atomic E-state index is 12.8. The summed E-state index contributed by atoms with van der Waals surface area (Å²) in [5.41, 5.74) is 0. The largest absolute Gasteiger partial charge is 0.374 e. The standard InChI is InChI=1S/C12H24Br2O4S/c1-9(2)11(15,5-7-13)19(17,18)12(16,6-8-14)10(3)4/h9-10,15-16H,5-8H2,1-4H3. The van der Waals surface area contributed by atoms with Gasteiger partial charge in [0.25, 0.3) is 0 Å². The molecule has 0 aliphatic rings. The highest BCUT2D eigenvalue weighted by Gasteiger charge is 2.56. The van der Waals surface area contributed by atoms with Crippen LogP contribution in [0.5, 0.6) is 0 Å². The molecule has 2 atom stereocenters. The first-order valence-corrected chi connectivity index (χ1v) is 10.0. The van der Waals surface area contributed by atoms with E-state index >= 15 is 0 Å². The molecule has 0 rings (SSSR count). The summed E-state index contributed by atoms with van der Waals surface area (Å²) < 4.78 is 25.6. The molecule has 0 aromatic rings. The van der Waals surface area contributed by atoms with E-state index in [2.05, 4.69) is 31.9 Å². The molecule has 0 heterocycles. The van der Waals surface area contributed by atoms with Crippen LogP contribution in [-0.4, -0.2) is 39.2 Å². The minimum atomic E-state index is -4.13. The summed E-state index contributed by atoms with van der Waals surface area (Å²) >= 11 is 6.35. The zero-order valence-electron chi connectivity index (χ0n) is 11.9. The molecule has 2 N–H and O–H groups in total. The zero-order chi connectivity index (χ0) is 15.5. The quantitative estimate of drug-likeness (QED) is 0.588. The van der Waals surface area contributed by atoms with Crippen molar-refractivity contribution in [1.29, 1.82) is 0 Å². The van der Waals surface area contributed by atoms with Gasteiger partial charge in [0.15, 0.2) is 9.87 Å². The Hall–Kier alpha value is 0.830. The Bertz CT molecular complexity index is 353. The van der Waals surface area contributed by atoms with Crippen molar-refractivity contribution in [1.82, 2.24) is 0 Å². The molecule has 0 saturated carbocycles. The zero-order valence-corrected chi connectivity index (χ0v) is 15.8. The van der Waals surface area contributed by atoms with Crippen molar-refractivity contribution in [2.45, 2.75) is 50.4 Å². The Labute approximate surface area is 133 Å². The normalized spacial score (nSPS) is 19.5. The van der Waals surface area contributed by atoms with Crippen molar-refractivity contribution in [2.24, 2.45) is 11.8 Å². The molecule has 0 bridgehead atoms. The summed E-state index contributed by atoms with van der Waals surface area (Å²) in [6.07, 6.45) is 0.0919. The van der Waals surface area contributed by atoms with E-state index in [1.54, 1.807) is 27.7 Å². The lowest BCUT2D eigenvalue weighted by atomic mass is 10.0. The SMILES string of the molecule is CC(C)C(O)(CCBr)S(=O)(=O)C(O)(CCBr)C(C)C. The lowest BCUT2D eigenvalue weighted by Gasteiger charge is -2.41. The molecule has 0 radical (unpaired) electrons. The third kappa shape index (κ3) is 3.54. The number of halogens is 2. The topological polar surface area (TPSA) is 74.6 Å². The van der Waals surface area contributed by atoms with Gasteiger partial charge >= 0.3 is 0 Å². The second-order valence-electron chi connectivity index (χ2n) is 5.38. The molecule has 116 valence electrons. The van der Waals surface area contributed by atoms with E-state index in [0.717, 1.165) is 0 Å². The van der Waals surface area contributed by atoms with Crippen LogP contribution in [0.2, 0.25) is 0 Å².